The van der Waals surface area contributed by atoms with E-state index in [9.17, 15) is 9.18 Å². The van der Waals surface area contributed by atoms with E-state index in [0.29, 0.717) is 11.6 Å². The number of alkyl halides is 1. The first-order chi connectivity index (χ1) is 10.1. The number of halogens is 3. The Bertz CT molecular complexity index is 637. The van der Waals surface area contributed by atoms with Crippen molar-refractivity contribution < 1.29 is 9.18 Å². The average molecular weight is 327 g/mol. The van der Waals surface area contributed by atoms with Crippen LogP contribution in [0.15, 0.2) is 48.5 Å². The highest BCUT2D eigenvalue weighted by atomic mass is 35.5. The maximum absolute atomic E-state index is 13.4. The van der Waals surface area contributed by atoms with Gasteiger partial charge in [-0.05, 0) is 23.8 Å². The number of benzene rings is 2. The second kappa shape index (κ2) is 7.41. The summed E-state index contributed by atoms with van der Waals surface area (Å²) < 4.78 is 13.4. The summed E-state index contributed by atoms with van der Waals surface area (Å²) in [6, 6.07) is 13.1. The van der Waals surface area contributed by atoms with Gasteiger partial charge in [-0.25, -0.2) is 4.39 Å². The van der Waals surface area contributed by atoms with E-state index in [-0.39, 0.29) is 5.69 Å². The predicted molar refractivity (Wildman–Crippen MR) is 83.0 cm³/mol. The third kappa shape index (κ3) is 4.43. The van der Waals surface area contributed by atoms with Gasteiger partial charge < -0.3 is 5.32 Å². The fourth-order valence-corrected chi connectivity index (χ4v) is 2.03. The molecule has 0 spiro atoms. The highest BCUT2D eigenvalue weighted by molar-refractivity contribution is 6.32. The zero-order valence-corrected chi connectivity index (χ0v) is 12.5. The van der Waals surface area contributed by atoms with Crippen LogP contribution in [0.3, 0.4) is 0 Å². The van der Waals surface area contributed by atoms with Gasteiger partial charge in [-0.2, -0.15) is 0 Å². The Balaban J connectivity index is 1.91. The maximum atomic E-state index is 13.4. The molecule has 1 unspecified atom stereocenters. The zero-order chi connectivity index (χ0) is 15.2. The third-order valence-electron chi connectivity index (χ3n) is 2.79. The molecule has 0 radical (unpaired) electrons. The van der Waals surface area contributed by atoms with Crippen molar-refractivity contribution >= 4 is 34.8 Å². The number of hydrogen-bond acceptors (Lipinski definition) is 2. The van der Waals surface area contributed by atoms with E-state index >= 15 is 0 Å². The molecule has 0 aromatic heterocycles. The number of nitrogens with one attached hydrogen (secondary N) is 2. The van der Waals surface area contributed by atoms with Gasteiger partial charge in [0.1, 0.15) is 5.82 Å². The van der Waals surface area contributed by atoms with Crippen molar-refractivity contribution in [3.05, 3.63) is 64.9 Å². The van der Waals surface area contributed by atoms with Crippen LogP contribution in [0.1, 0.15) is 5.56 Å². The summed E-state index contributed by atoms with van der Waals surface area (Å²) in [6.45, 7) is 0.332. The third-order valence-corrected chi connectivity index (χ3v) is 3.51. The van der Waals surface area contributed by atoms with E-state index in [0.717, 1.165) is 5.56 Å². The van der Waals surface area contributed by atoms with Gasteiger partial charge in [0, 0.05) is 11.6 Å². The Kier molecular flexibility index (Phi) is 5.56. The number of carbonyl (C=O) groups excluding carboxylic acids is 1. The summed E-state index contributed by atoms with van der Waals surface area (Å²) in [5.74, 6) is -1.05. The van der Waals surface area contributed by atoms with Crippen molar-refractivity contribution in [1.29, 1.82) is 0 Å². The summed E-state index contributed by atoms with van der Waals surface area (Å²) >= 11 is 12.0. The first-order valence-electron chi connectivity index (χ1n) is 6.24. The molecule has 0 aliphatic heterocycles. The minimum atomic E-state index is -0.999. The summed E-state index contributed by atoms with van der Waals surface area (Å²) in [5, 5.41) is 5.83. The van der Waals surface area contributed by atoms with Crippen LogP contribution < -0.4 is 10.6 Å². The Morgan fingerprint density at radius 1 is 1.14 bits per heavy atom. The van der Waals surface area contributed by atoms with Gasteiger partial charge in [0.25, 0.3) is 5.91 Å². The minimum absolute atomic E-state index is 0.0905. The van der Waals surface area contributed by atoms with E-state index in [1.54, 1.807) is 18.2 Å². The van der Waals surface area contributed by atoms with Crippen molar-refractivity contribution in [1.82, 2.24) is 5.32 Å². The minimum Gasteiger partial charge on any atom is -0.321 e. The molecule has 0 aliphatic carbocycles. The second-order valence-corrected chi connectivity index (χ2v) is 5.15. The van der Waals surface area contributed by atoms with Gasteiger partial charge in [-0.15, -0.1) is 0 Å². The molecule has 21 heavy (non-hydrogen) atoms. The maximum Gasteiger partial charge on any atom is 0.257 e. The lowest BCUT2D eigenvalue weighted by Crippen LogP contribution is -2.35. The molecule has 2 aromatic carbocycles. The summed E-state index contributed by atoms with van der Waals surface area (Å²) in [6.07, 6.45) is 0. The molecule has 2 N–H and O–H groups in total. The van der Waals surface area contributed by atoms with Crippen LogP contribution in [0.4, 0.5) is 10.1 Å². The Labute approximate surface area is 132 Å². The summed E-state index contributed by atoms with van der Waals surface area (Å²) in [7, 11) is 0. The lowest BCUT2D eigenvalue weighted by atomic mass is 10.2. The molecule has 110 valence electrons. The number of anilines is 1. The molecular formula is C15H13Cl2FN2O. The molecule has 6 heteroatoms. The Hall–Kier alpha value is -1.62. The molecule has 2 rings (SSSR count). The highest BCUT2D eigenvalue weighted by Gasteiger charge is 2.16. The molecule has 3 nitrogen and oxygen atoms in total. The first kappa shape index (κ1) is 15.8. The van der Waals surface area contributed by atoms with Crippen molar-refractivity contribution in [3.63, 3.8) is 0 Å². The largest absolute Gasteiger partial charge is 0.321 e. The highest BCUT2D eigenvalue weighted by Crippen LogP contribution is 2.16. The topological polar surface area (TPSA) is 41.1 Å². The molecule has 1 atom stereocenters. The van der Waals surface area contributed by atoms with E-state index in [1.165, 1.54) is 12.1 Å². The monoisotopic (exact) mass is 326 g/mol. The van der Waals surface area contributed by atoms with Crippen molar-refractivity contribution in [2.75, 3.05) is 5.32 Å². The van der Waals surface area contributed by atoms with Gasteiger partial charge in [0.15, 0.2) is 5.50 Å². The molecule has 0 bridgehead atoms. The van der Waals surface area contributed by atoms with Gasteiger partial charge in [0.05, 0.1) is 5.69 Å². The average Bonchev–Trinajstić information content (AvgIpc) is 2.48. The first-order valence-corrected chi connectivity index (χ1v) is 7.05. The van der Waals surface area contributed by atoms with Gasteiger partial charge >= 0.3 is 0 Å². The predicted octanol–water partition coefficient (Wildman–Crippen LogP) is 3.77. The van der Waals surface area contributed by atoms with E-state index < -0.39 is 17.2 Å². The van der Waals surface area contributed by atoms with Crippen LogP contribution >= 0.6 is 23.2 Å². The SMILES string of the molecule is O=C(Nc1ccccc1F)C(Cl)NCc1ccccc1Cl. The van der Waals surface area contributed by atoms with Crippen LogP contribution in [0.5, 0.6) is 0 Å². The lowest BCUT2D eigenvalue weighted by molar-refractivity contribution is -0.116. The zero-order valence-electron chi connectivity index (χ0n) is 10.9. The van der Waals surface area contributed by atoms with Gasteiger partial charge in [-0.3, -0.25) is 10.1 Å². The normalized spacial score (nSPS) is 12.0. The van der Waals surface area contributed by atoms with E-state index in [1.807, 2.05) is 18.2 Å². The number of hydrogen-bond donors (Lipinski definition) is 2. The number of amides is 1. The molecule has 0 saturated heterocycles. The summed E-state index contributed by atoms with van der Waals surface area (Å²) in [5.41, 5.74) is -0.0860. The van der Waals surface area contributed by atoms with Crippen LogP contribution in [0.2, 0.25) is 5.02 Å². The molecule has 0 aliphatic rings. The number of carbonyl (C=O) groups is 1. The van der Waals surface area contributed by atoms with Gasteiger partial charge in [0.2, 0.25) is 0 Å². The van der Waals surface area contributed by atoms with E-state index in [4.69, 9.17) is 23.2 Å². The fraction of sp³-hybridized carbons (Fsp3) is 0.133. The lowest BCUT2D eigenvalue weighted by Gasteiger charge is -2.13. The molecule has 2 aromatic rings. The quantitative estimate of drug-likeness (QED) is 0.648. The van der Waals surface area contributed by atoms with Crippen molar-refractivity contribution in [2.45, 2.75) is 12.0 Å². The van der Waals surface area contributed by atoms with E-state index in [2.05, 4.69) is 10.6 Å². The second-order valence-electron chi connectivity index (χ2n) is 4.30. The van der Waals surface area contributed by atoms with Crippen LogP contribution in [0, 0.1) is 5.82 Å². The number of para-hydroxylation sites is 1. The molecule has 1 amide bonds. The van der Waals surface area contributed by atoms with Crippen LogP contribution in [-0.4, -0.2) is 11.4 Å². The molecule has 0 heterocycles. The molecule has 0 saturated carbocycles. The molecular weight excluding hydrogens is 314 g/mol. The van der Waals surface area contributed by atoms with Gasteiger partial charge in [-0.1, -0.05) is 53.5 Å². The standard InChI is InChI=1S/C15H13Cl2FN2O/c16-11-6-2-1-5-10(11)9-19-14(17)15(21)20-13-8-4-3-7-12(13)18/h1-8,14,19H,9H2,(H,20,21). The smallest absolute Gasteiger partial charge is 0.257 e. The van der Waals surface area contributed by atoms with Crippen LogP contribution in [0.25, 0.3) is 0 Å². The van der Waals surface area contributed by atoms with Crippen LogP contribution in [-0.2, 0) is 11.3 Å². The Morgan fingerprint density at radius 3 is 2.52 bits per heavy atom. The van der Waals surface area contributed by atoms with Crippen molar-refractivity contribution in [2.24, 2.45) is 0 Å². The summed E-state index contributed by atoms with van der Waals surface area (Å²) in [4.78, 5) is 11.9. The molecule has 0 fully saturated rings. The van der Waals surface area contributed by atoms with Crippen molar-refractivity contribution in [3.8, 4) is 0 Å². The Morgan fingerprint density at radius 2 is 1.81 bits per heavy atom. The number of rotatable bonds is 5. The fourth-order valence-electron chi connectivity index (χ4n) is 1.69.